The lowest BCUT2D eigenvalue weighted by Crippen LogP contribution is -2.19. The van der Waals surface area contributed by atoms with Gasteiger partial charge >= 0.3 is 6.61 Å². The molecule has 1 aromatic heterocycles. The summed E-state index contributed by atoms with van der Waals surface area (Å²) in [5.41, 5.74) is 1.48. The number of alkyl halides is 2. The summed E-state index contributed by atoms with van der Waals surface area (Å²) in [6.45, 7) is -2.83. The highest BCUT2D eigenvalue weighted by Crippen LogP contribution is 2.23. The van der Waals surface area contributed by atoms with Crippen LogP contribution < -0.4 is 10.3 Å². The number of hydrogen-bond donors (Lipinski definition) is 0. The molecule has 0 aliphatic rings. The highest BCUT2D eigenvalue weighted by molar-refractivity contribution is 7.98. The Labute approximate surface area is 141 Å². The average molecular weight is 348 g/mol. The molecule has 0 radical (unpaired) electrons. The van der Waals surface area contributed by atoms with Gasteiger partial charge < -0.3 is 4.74 Å². The van der Waals surface area contributed by atoms with Crippen molar-refractivity contribution < 1.29 is 13.5 Å². The molecule has 0 aliphatic heterocycles. The number of aromatic nitrogens is 2. The molecule has 4 nitrogen and oxygen atoms in total. The van der Waals surface area contributed by atoms with E-state index in [4.69, 9.17) is 0 Å². The van der Waals surface area contributed by atoms with Gasteiger partial charge in [-0.3, -0.25) is 9.36 Å². The Kier molecular flexibility index (Phi) is 4.80. The Balaban J connectivity index is 1.78. The van der Waals surface area contributed by atoms with Crippen LogP contribution in [0.4, 0.5) is 8.78 Å². The molecule has 0 saturated carbocycles. The summed E-state index contributed by atoms with van der Waals surface area (Å²) >= 11 is 1.41. The van der Waals surface area contributed by atoms with Gasteiger partial charge in [0, 0.05) is 12.8 Å². The molecule has 0 amide bonds. The number of rotatable bonds is 5. The maximum absolute atomic E-state index is 12.3. The highest BCUT2D eigenvalue weighted by Gasteiger charge is 2.09. The summed E-state index contributed by atoms with van der Waals surface area (Å²) in [6.07, 6.45) is 0. The first-order chi connectivity index (χ1) is 11.5. The molecule has 0 unspecified atom stereocenters. The number of halogens is 2. The predicted octanol–water partition coefficient (Wildman–Crippen LogP) is 3.83. The smallest absolute Gasteiger partial charge is 0.387 e. The van der Waals surface area contributed by atoms with Crippen LogP contribution in [-0.4, -0.2) is 16.2 Å². The Morgan fingerprint density at radius 2 is 1.88 bits per heavy atom. The molecule has 0 saturated heterocycles. The summed E-state index contributed by atoms with van der Waals surface area (Å²) in [7, 11) is 1.68. The van der Waals surface area contributed by atoms with Gasteiger partial charge in [0.15, 0.2) is 5.16 Å². The Hall–Kier alpha value is -2.41. The molecule has 124 valence electrons. The van der Waals surface area contributed by atoms with Gasteiger partial charge in [0.1, 0.15) is 5.75 Å². The van der Waals surface area contributed by atoms with Gasteiger partial charge in [0.25, 0.3) is 5.56 Å². The maximum Gasteiger partial charge on any atom is 0.387 e. The molecule has 0 atom stereocenters. The molecule has 3 aromatic rings. The number of benzene rings is 2. The lowest BCUT2D eigenvalue weighted by molar-refractivity contribution is -0.0498. The first kappa shape index (κ1) is 16.4. The van der Waals surface area contributed by atoms with Crippen molar-refractivity contribution in [3.63, 3.8) is 0 Å². The maximum atomic E-state index is 12.3. The van der Waals surface area contributed by atoms with Crippen molar-refractivity contribution in [1.29, 1.82) is 0 Å². The fraction of sp³-hybridized carbons (Fsp3) is 0.176. The van der Waals surface area contributed by atoms with Crippen molar-refractivity contribution in [1.82, 2.24) is 9.55 Å². The third-order valence-electron chi connectivity index (χ3n) is 3.46. The molecule has 7 heteroatoms. The summed E-state index contributed by atoms with van der Waals surface area (Å²) < 4.78 is 30.1. The molecule has 0 fully saturated rings. The SMILES string of the molecule is Cn1c(SCc2ccc(OC(F)F)cc2)nc2ccccc2c1=O. The molecular weight excluding hydrogens is 334 g/mol. The first-order valence-electron chi connectivity index (χ1n) is 7.17. The number of fused-ring (bicyclic) bond motifs is 1. The van der Waals surface area contributed by atoms with Gasteiger partial charge in [-0.25, -0.2) is 4.98 Å². The molecule has 2 aromatic carbocycles. The summed E-state index contributed by atoms with van der Waals surface area (Å²) in [5.74, 6) is 0.683. The van der Waals surface area contributed by atoms with Crippen LogP contribution in [0.3, 0.4) is 0 Å². The van der Waals surface area contributed by atoms with Crippen molar-refractivity contribution in [3.05, 3.63) is 64.4 Å². The van der Waals surface area contributed by atoms with Gasteiger partial charge in [-0.15, -0.1) is 0 Å². The Morgan fingerprint density at radius 1 is 1.17 bits per heavy atom. The Bertz CT molecular complexity index is 911. The topological polar surface area (TPSA) is 44.1 Å². The average Bonchev–Trinajstić information content (AvgIpc) is 2.58. The molecule has 0 N–H and O–H groups in total. The van der Waals surface area contributed by atoms with Crippen LogP contribution in [0.2, 0.25) is 0 Å². The number of nitrogens with zero attached hydrogens (tertiary/aromatic N) is 2. The van der Waals surface area contributed by atoms with Crippen molar-refractivity contribution in [3.8, 4) is 5.75 Å². The molecule has 0 bridgehead atoms. The highest BCUT2D eigenvalue weighted by atomic mass is 32.2. The van der Waals surface area contributed by atoms with Crippen LogP contribution >= 0.6 is 11.8 Å². The van der Waals surface area contributed by atoms with Crippen molar-refractivity contribution in [2.24, 2.45) is 7.05 Å². The Morgan fingerprint density at radius 3 is 2.58 bits per heavy atom. The molecular formula is C17H14F2N2O2S. The zero-order valence-electron chi connectivity index (χ0n) is 12.8. The first-order valence-corrected chi connectivity index (χ1v) is 8.15. The standard InChI is InChI=1S/C17H14F2N2O2S/c1-21-15(22)13-4-2-3-5-14(13)20-17(21)24-10-11-6-8-12(9-7-11)23-16(18)19/h2-9,16H,10H2,1H3. The second-order valence-corrected chi connectivity index (χ2v) is 6.03. The molecule has 24 heavy (non-hydrogen) atoms. The van der Waals surface area contributed by atoms with E-state index < -0.39 is 6.61 Å². The lowest BCUT2D eigenvalue weighted by atomic mass is 10.2. The van der Waals surface area contributed by atoms with E-state index in [1.54, 1.807) is 37.4 Å². The molecule has 3 rings (SSSR count). The summed E-state index contributed by atoms with van der Waals surface area (Å²) in [5, 5.41) is 1.18. The third kappa shape index (κ3) is 3.56. The van der Waals surface area contributed by atoms with Crippen molar-refractivity contribution in [2.45, 2.75) is 17.5 Å². The van der Waals surface area contributed by atoms with E-state index in [1.165, 1.54) is 28.5 Å². The van der Waals surface area contributed by atoms with Crippen LogP contribution in [-0.2, 0) is 12.8 Å². The molecule has 1 heterocycles. The zero-order chi connectivity index (χ0) is 17.1. The van der Waals surface area contributed by atoms with Gasteiger partial charge in [0.2, 0.25) is 0 Å². The van der Waals surface area contributed by atoms with E-state index in [1.807, 2.05) is 6.07 Å². The van der Waals surface area contributed by atoms with E-state index in [9.17, 15) is 13.6 Å². The fourth-order valence-corrected chi connectivity index (χ4v) is 3.17. The quantitative estimate of drug-likeness (QED) is 0.519. The second kappa shape index (κ2) is 7.00. The van der Waals surface area contributed by atoms with Gasteiger partial charge in [-0.2, -0.15) is 8.78 Å². The van der Waals surface area contributed by atoms with E-state index >= 15 is 0 Å². The number of para-hydroxylation sites is 1. The summed E-state index contributed by atoms with van der Waals surface area (Å²) in [6, 6.07) is 13.6. The third-order valence-corrected chi connectivity index (χ3v) is 4.56. The van der Waals surface area contributed by atoms with Crippen LogP contribution in [0.5, 0.6) is 5.75 Å². The number of hydrogen-bond acceptors (Lipinski definition) is 4. The normalized spacial score (nSPS) is 11.2. The number of thioether (sulfide) groups is 1. The minimum absolute atomic E-state index is 0.0937. The molecule has 0 aliphatic carbocycles. The van der Waals surface area contributed by atoms with Crippen molar-refractivity contribution in [2.75, 3.05) is 0 Å². The predicted molar refractivity (Wildman–Crippen MR) is 89.6 cm³/mol. The molecule has 0 spiro atoms. The fourth-order valence-electron chi connectivity index (χ4n) is 2.24. The van der Waals surface area contributed by atoms with Gasteiger partial charge in [-0.05, 0) is 29.8 Å². The second-order valence-electron chi connectivity index (χ2n) is 5.09. The van der Waals surface area contributed by atoms with E-state index in [2.05, 4.69) is 9.72 Å². The monoisotopic (exact) mass is 348 g/mol. The van der Waals surface area contributed by atoms with Gasteiger partial charge in [0.05, 0.1) is 10.9 Å². The number of ether oxygens (including phenoxy) is 1. The minimum atomic E-state index is -2.83. The van der Waals surface area contributed by atoms with Crippen LogP contribution in [0.15, 0.2) is 58.5 Å². The largest absolute Gasteiger partial charge is 0.435 e. The zero-order valence-corrected chi connectivity index (χ0v) is 13.6. The van der Waals surface area contributed by atoms with Crippen LogP contribution in [0.25, 0.3) is 10.9 Å². The summed E-state index contributed by atoms with van der Waals surface area (Å²) in [4.78, 5) is 16.8. The van der Waals surface area contributed by atoms with E-state index in [0.717, 1.165) is 5.56 Å². The van der Waals surface area contributed by atoms with E-state index in [-0.39, 0.29) is 11.3 Å². The lowest BCUT2D eigenvalue weighted by Gasteiger charge is -2.09. The minimum Gasteiger partial charge on any atom is -0.435 e. The van der Waals surface area contributed by atoms with Crippen LogP contribution in [0.1, 0.15) is 5.56 Å². The van der Waals surface area contributed by atoms with Crippen LogP contribution in [0, 0.1) is 0 Å². The van der Waals surface area contributed by atoms with E-state index in [0.29, 0.717) is 21.8 Å². The van der Waals surface area contributed by atoms with Crippen molar-refractivity contribution >= 4 is 22.7 Å². The van der Waals surface area contributed by atoms with Gasteiger partial charge in [-0.1, -0.05) is 36.0 Å².